The summed E-state index contributed by atoms with van der Waals surface area (Å²) < 4.78 is 0. The van der Waals surface area contributed by atoms with E-state index in [0.29, 0.717) is 4.83 Å². The van der Waals surface area contributed by atoms with Gasteiger partial charge in [0.25, 0.3) is 0 Å². The average Bonchev–Trinajstić information content (AvgIpc) is 2.29. The molecule has 0 spiro atoms. The smallest absolute Gasteiger partial charge is 0.0186 e. The first-order valence-corrected chi connectivity index (χ1v) is 7.83. The summed E-state index contributed by atoms with van der Waals surface area (Å²) in [4.78, 5) is 0.644. The largest absolute Gasteiger partial charge is 0.0887 e. The van der Waals surface area contributed by atoms with Gasteiger partial charge in [0.2, 0.25) is 0 Å². The van der Waals surface area contributed by atoms with Crippen molar-refractivity contribution in [1.82, 2.24) is 0 Å². The van der Waals surface area contributed by atoms with E-state index in [4.69, 9.17) is 0 Å². The maximum Gasteiger partial charge on any atom is 0.0186 e. The number of hydrogen-bond donors (Lipinski definition) is 0. The molecule has 0 saturated carbocycles. The van der Waals surface area contributed by atoms with Crippen molar-refractivity contribution >= 4 is 15.9 Å². The van der Waals surface area contributed by atoms with Crippen molar-refractivity contribution in [1.29, 1.82) is 0 Å². The Morgan fingerprint density at radius 1 is 1.12 bits per heavy atom. The molecule has 17 heavy (non-hydrogen) atoms. The molecule has 0 fully saturated rings. The van der Waals surface area contributed by atoms with Crippen molar-refractivity contribution in [3.63, 3.8) is 0 Å². The van der Waals surface area contributed by atoms with Crippen LogP contribution in [-0.2, 0) is 6.42 Å². The van der Waals surface area contributed by atoms with Crippen LogP contribution in [0.2, 0.25) is 0 Å². The summed E-state index contributed by atoms with van der Waals surface area (Å²) in [5.74, 6) is 0. The Kier molecular flexibility index (Phi) is 7.59. The van der Waals surface area contributed by atoms with Crippen LogP contribution >= 0.6 is 15.9 Å². The fourth-order valence-electron chi connectivity index (χ4n) is 2.17. The van der Waals surface area contributed by atoms with E-state index in [1.165, 1.54) is 49.7 Å². The van der Waals surface area contributed by atoms with E-state index in [2.05, 4.69) is 54.0 Å². The fourth-order valence-corrected chi connectivity index (χ4v) is 2.86. The maximum atomic E-state index is 3.81. The van der Waals surface area contributed by atoms with Gasteiger partial charge in [-0.1, -0.05) is 84.8 Å². The molecule has 0 amide bonds. The lowest BCUT2D eigenvalue weighted by Crippen LogP contribution is -2.02. The molecule has 96 valence electrons. The minimum Gasteiger partial charge on any atom is -0.0887 e. The topological polar surface area (TPSA) is 0 Å². The summed E-state index contributed by atoms with van der Waals surface area (Å²) in [7, 11) is 0. The molecule has 1 aromatic carbocycles. The Balaban J connectivity index is 2.18. The van der Waals surface area contributed by atoms with Crippen molar-refractivity contribution < 1.29 is 0 Å². The number of rotatable bonds is 8. The highest BCUT2D eigenvalue weighted by atomic mass is 79.9. The molecule has 1 heteroatoms. The van der Waals surface area contributed by atoms with E-state index in [1.54, 1.807) is 0 Å². The zero-order valence-electron chi connectivity index (χ0n) is 11.2. The van der Waals surface area contributed by atoms with E-state index >= 15 is 0 Å². The maximum absolute atomic E-state index is 3.81. The number of benzene rings is 1. The van der Waals surface area contributed by atoms with Crippen molar-refractivity contribution in [3.8, 4) is 0 Å². The van der Waals surface area contributed by atoms with E-state index in [0.717, 1.165) is 6.42 Å². The van der Waals surface area contributed by atoms with Gasteiger partial charge in [-0.25, -0.2) is 0 Å². The van der Waals surface area contributed by atoms with E-state index < -0.39 is 0 Å². The van der Waals surface area contributed by atoms with E-state index in [1.807, 2.05) is 0 Å². The third-order valence-corrected chi connectivity index (χ3v) is 3.94. The molecule has 0 heterocycles. The lowest BCUT2D eigenvalue weighted by atomic mass is 10.0. The Bertz CT molecular complexity index is 306. The average molecular weight is 297 g/mol. The number of hydrogen-bond acceptors (Lipinski definition) is 0. The second-order valence-electron chi connectivity index (χ2n) is 4.99. The highest BCUT2D eigenvalue weighted by Crippen LogP contribution is 2.18. The third kappa shape index (κ3) is 6.88. The van der Waals surface area contributed by atoms with Gasteiger partial charge in [0.15, 0.2) is 0 Å². The zero-order chi connectivity index (χ0) is 12.5. The molecular formula is C16H25Br. The van der Waals surface area contributed by atoms with Gasteiger partial charge in [-0.15, -0.1) is 0 Å². The zero-order valence-corrected chi connectivity index (χ0v) is 12.8. The first-order valence-electron chi connectivity index (χ1n) is 6.92. The van der Waals surface area contributed by atoms with Gasteiger partial charge in [-0.2, -0.15) is 0 Å². The molecular weight excluding hydrogens is 272 g/mol. The highest BCUT2D eigenvalue weighted by molar-refractivity contribution is 9.09. The summed E-state index contributed by atoms with van der Waals surface area (Å²) >= 11 is 3.81. The molecule has 0 saturated heterocycles. The monoisotopic (exact) mass is 296 g/mol. The number of alkyl halides is 1. The van der Waals surface area contributed by atoms with Crippen LogP contribution in [0.25, 0.3) is 0 Å². The third-order valence-electron chi connectivity index (χ3n) is 3.16. The molecule has 0 aromatic heterocycles. The van der Waals surface area contributed by atoms with Crippen LogP contribution in [0.1, 0.15) is 56.6 Å². The van der Waals surface area contributed by atoms with E-state index in [9.17, 15) is 0 Å². The van der Waals surface area contributed by atoms with Crippen molar-refractivity contribution in [2.75, 3.05) is 0 Å². The second kappa shape index (κ2) is 8.74. The molecule has 0 aliphatic heterocycles. The molecule has 1 atom stereocenters. The molecule has 0 radical (unpaired) electrons. The van der Waals surface area contributed by atoms with Gasteiger partial charge in [0.05, 0.1) is 0 Å². The standard InChI is InChI=1S/C16H25Br/c1-3-4-5-6-7-11-16(17)13-15-10-8-9-14(2)12-15/h8-10,12,16H,3-7,11,13H2,1-2H3. The first-order chi connectivity index (χ1) is 8.22. The van der Waals surface area contributed by atoms with Crippen LogP contribution in [0.4, 0.5) is 0 Å². The summed E-state index contributed by atoms with van der Waals surface area (Å²) in [6.45, 7) is 4.43. The molecule has 0 bridgehead atoms. The van der Waals surface area contributed by atoms with E-state index in [-0.39, 0.29) is 0 Å². The SMILES string of the molecule is CCCCCCCC(Br)Cc1cccc(C)c1. The van der Waals surface area contributed by atoms with Gasteiger partial charge >= 0.3 is 0 Å². The number of unbranched alkanes of at least 4 members (excludes halogenated alkanes) is 4. The van der Waals surface area contributed by atoms with Crippen molar-refractivity contribution in [3.05, 3.63) is 35.4 Å². The van der Waals surface area contributed by atoms with Crippen LogP contribution in [0.15, 0.2) is 24.3 Å². The van der Waals surface area contributed by atoms with Crippen molar-refractivity contribution in [2.24, 2.45) is 0 Å². The van der Waals surface area contributed by atoms with Crippen LogP contribution in [0.3, 0.4) is 0 Å². The summed E-state index contributed by atoms with van der Waals surface area (Å²) in [6.07, 6.45) is 9.35. The van der Waals surface area contributed by atoms with Crippen molar-refractivity contribution in [2.45, 2.75) is 63.6 Å². The molecule has 0 aliphatic rings. The van der Waals surface area contributed by atoms with Crippen LogP contribution in [0.5, 0.6) is 0 Å². The van der Waals surface area contributed by atoms with Gasteiger partial charge in [-0.3, -0.25) is 0 Å². The van der Waals surface area contributed by atoms with Gasteiger partial charge < -0.3 is 0 Å². The highest BCUT2D eigenvalue weighted by Gasteiger charge is 2.05. The van der Waals surface area contributed by atoms with Gasteiger partial charge in [0.1, 0.15) is 0 Å². The molecule has 1 unspecified atom stereocenters. The predicted octanol–water partition coefficient (Wildman–Crippen LogP) is 5.66. The van der Waals surface area contributed by atoms with Crippen LogP contribution in [-0.4, -0.2) is 4.83 Å². The predicted molar refractivity (Wildman–Crippen MR) is 81.0 cm³/mol. The molecule has 0 N–H and O–H groups in total. The second-order valence-corrected chi connectivity index (χ2v) is 6.29. The minimum absolute atomic E-state index is 0.644. The normalized spacial score (nSPS) is 12.6. The first kappa shape index (κ1) is 14.8. The quantitative estimate of drug-likeness (QED) is 0.429. The van der Waals surface area contributed by atoms with Crippen LogP contribution in [0, 0.1) is 6.92 Å². The summed E-state index contributed by atoms with van der Waals surface area (Å²) in [5, 5.41) is 0. The molecule has 1 aromatic rings. The number of halogens is 1. The Morgan fingerprint density at radius 2 is 1.88 bits per heavy atom. The molecule has 1 rings (SSSR count). The minimum atomic E-state index is 0.644. The number of aryl methyl sites for hydroxylation is 1. The fraction of sp³-hybridized carbons (Fsp3) is 0.625. The molecule has 0 aliphatic carbocycles. The van der Waals surface area contributed by atoms with Gasteiger partial charge in [-0.05, 0) is 25.3 Å². The van der Waals surface area contributed by atoms with Gasteiger partial charge in [0, 0.05) is 4.83 Å². The summed E-state index contributed by atoms with van der Waals surface area (Å²) in [5.41, 5.74) is 2.82. The van der Waals surface area contributed by atoms with Crippen LogP contribution < -0.4 is 0 Å². The molecule has 0 nitrogen and oxygen atoms in total. The lowest BCUT2D eigenvalue weighted by Gasteiger charge is -2.10. The lowest BCUT2D eigenvalue weighted by molar-refractivity contribution is 0.598. The Morgan fingerprint density at radius 3 is 2.59 bits per heavy atom. The Hall–Kier alpha value is -0.300. The Labute approximate surface area is 115 Å². The summed E-state index contributed by atoms with van der Waals surface area (Å²) in [6, 6.07) is 8.85.